The third kappa shape index (κ3) is 2.08. The Balaban J connectivity index is 1.95. The van der Waals surface area contributed by atoms with E-state index in [1.807, 2.05) is 24.3 Å². The van der Waals surface area contributed by atoms with Crippen molar-refractivity contribution in [3.8, 4) is 11.5 Å². The van der Waals surface area contributed by atoms with E-state index >= 15 is 0 Å². The van der Waals surface area contributed by atoms with E-state index in [1.54, 1.807) is 18.2 Å². The van der Waals surface area contributed by atoms with Crippen LogP contribution in [0.2, 0.25) is 0 Å². The number of carbonyl (C=O) groups is 1. The van der Waals surface area contributed by atoms with E-state index in [-0.39, 0.29) is 12.6 Å². The number of benzene rings is 2. The molecule has 1 aliphatic heterocycles. The minimum absolute atomic E-state index is 0.00954. The number of ketones is 1. The number of carbonyl (C=O) groups excluding carboxylic acids is 1. The van der Waals surface area contributed by atoms with Gasteiger partial charge < -0.3 is 9.47 Å². The molecule has 0 radical (unpaired) electrons. The molecule has 2 aromatic rings. The Hall–Kier alpha value is -1.56. The molecular weight excluding hydrogens is 343 g/mol. The SMILES string of the molecule is O=C(c1ccc(I)cc1)c1ccc2c(c1)OCO2. The molecule has 1 heterocycles. The van der Waals surface area contributed by atoms with Crippen molar-refractivity contribution in [3.63, 3.8) is 0 Å². The van der Waals surface area contributed by atoms with Crippen LogP contribution >= 0.6 is 22.6 Å². The molecule has 0 N–H and O–H groups in total. The molecule has 0 unspecified atom stereocenters. The lowest BCUT2D eigenvalue weighted by Gasteiger charge is -2.03. The van der Waals surface area contributed by atoms with Crippen LogP contribution in [0.3, 0.4) is 0 Å². The summed E-state index contributed by atoms with van der Waals surface area (Å²) >= 11 is 2.21. The van der Waals surface area contributed by atoms with Gasteiger partial charge in [-0.2, -0.15) is 0 Å². The second-order valence-electron chi connectivity index (χ2n) is 3.90. The zero-order chi connectivity index (χ0) is 12.5. The summed E-state index contributed by atoms with van der Waals surface area (Å²) in [5.41, 5.74) is 1.29. The van der Waals surface area contributed by atoms with E-state index in [0.29, 0.717) is 22.6 Å². The lowest BCUT2D eigenvalue weighted by molar-refractivity contribution is 0.103. The quantitative estimate of drug-likeness (QED) is 0.615. The van der Waals surface area contributed by atoms with E-state index in [1.165, 1.54) is 0 Å². The molecule has 2 aromatic carbocycles. The molecule has 0 saturated heterocycles. The van der Waals surface area contributed by atoms with Gasteiger partial charge in [-0.1, -0.05) is 0 Å². The van der Waals surface area contributed by atoms with Crippen molar-refractivity contribution >= 4 is 28.4 Å². The highest BCUT2D eigenvalue weighted by Crippen LogP contribution is 2.33. The van der Waals surface area contributed by atoms with Crippen LogP contribution in [0.1, 0.15) is 15.9 Å². The van der Waals surface area contributed by atoms with Crippen molar-refractivity contribution in [3.05, 3.63) is 57.2 Å². The number of halogens is 1. The van der Waals surface area contributed by atoms with Gasteiger partial charge in [0.1, 0.15) is 0 Å². The van der Waals surface area contributed by atoms with Gasteiger partial charge in [0, 0.05) is 14.7 Å². The summed E-state index contributed by atoms with van der Waals surface area (Å²) in [7, 11) is 0. The largest absolute Gasteiger partial charge is 0.454 e. The van der Waals surface area contributed by atoms with Crippen molar-refractivity contribution in [1.29, 1.82) is 0 Å². The summed E-state index contributed by atoms with van der Waals surface area (Å²) in [6, 6.07) is 12.7. The number of hydrogen-bond donors (Lipinski definition) is 0. The van der Waals surface area contributed by atoms with Crippen LogP contribution in [0, 0.1) is 3.57 Å². The molecule has 1 aliphatic rings. The predicted octanol–water partition coefficient (Wildman–Crippen LogP) is 3.25. The van der Waals surface area contributed by atoms with Crippen molar-refractivity contribution in [2.24, 2.45) is 0 Å². The average molecular weight is 352 g/mol. The average Bonchev–Trinajstić information content (AvgIpc) is 2.86. The molecule has 4 heteroatoms. The van der Waals surface area contributed by atoms with Gasteiger partial charge in [0.2, 0.25) is 6.79 Å². The third-order valence-electron chi connectivity index (χ3n) is 2.74. The number of rotatable bonds is 2. The Morgan fingerprint density at radius 1 is 0.944 bits per heavy atom. The summed E-state index contributed by atoms with van der Waals surface area (Å²) < 4.78 is 11.6. The molecule has 0 amide bonds. The molecule has 0 atom stereocenters. The van der Waals surface area contributed by atoms with Gasteiger partial charge in [-0.05, 0) is 65.1 Å². The number of fused-ring (bicyclic) bond motifs is 1. The van der Waals surface area contributed by atoms with E-state index < -0.39 is 0 Å². The zero-order valence-corrected chi connectivity index (χ0v) is 11.5. The Morgan fingerprint density at radius 3 is 2.39 bits per heavy atom. The predicted molar refractivity (Wildman–Crippen MR) is 75.2 cm³/mol. The monoisotopic (exact) mass is 352 g/mol. The van der Waals surface area contributed by atoms with Crippen LogP contribution in [0.25, 0.3) is 0 Å². The maximum absolute atomic E-state index is 12.3. The lowest BCUT2D eigenvalue weighted by atomic mass is 10.0. The van der Waals surface area contributed by atoms with E-state index in [0.717, 1.165) is 3.57 Å². The van der Waals surface area contributed by atoms with Crippen LogP contribution in [-0.2, 0) is 0 Å². The first-order valence-corrected chi connectivity index (χ1v) is 6.52. The van der Waals surface area contributed by atoms with Crippen molar-refractivity contribution < 1.29 is 14.3 Å². The third-order valence-corrected chi connectivity index (χ3v) is 3.46. The van der Waals surface area contributed by atoms with Crippen LogP contribution in [-0.4, -0.2) is 12.6 Å². The van der Waals surface area contributed by atoms with Crippen molar-refractivity contribution in [1.82, 2.24) is 0 Å². The normalized spacial score (nSPS) is 12.5. The highest BCUT2D eigenvalue weighted by molar-refractivity contribution is 14.1. The second kappa shape index (κ2) is 4.61. The first kappa shape index (κ1) is 11.5. The molecule has 18 heavy (non-hydrogen) atoms. The summed E-state index contributed by atoms with van der Waals surface area (Å²) in [4.78, 5) is 12.3. The number of hydrogen-bond acceptors (Lipinski definition) is 3. The fourth-order valence-corrected chi connectivity index (χ4v) is 2.17. The fraction of sp³-hybridized carbons (Fsp3) is 0.0714. The van der Waals surface area contributed by atoms with E-state index in [2.05, 4.69) is 22.6 Å². The van der Waals surface area contributed by atoms with Crippen LogP contribution < -0.4 is 9.47 Å². The summed E-state index contributed by atoms with van der Waals surface area (Å²) in [5.74, 6) is 1.31. The Labute approximate surface area is 118 Å². The number of ether oxygens (including phenoxy) is 2. The van der Waals surface area contributed by atoms with Gasteiger partial charge in [0.05, 0.1) is 0 Å². The fourth-order valence-electron chi connectivity index (χ4n) is 1.81. The first-order valence-electron chi connectivity index (χ1n) is 5.44. The van der Waals surface area contributed by atoms with Gasteiger partial charge in [-0.25, -0.2) is 0 Å². The minimum atomic E-state index is -0.00954. The van der Waals surface area contributed by atoms with Crippen LogP contribution in [0.5, 0.6) is 11.5 Å². The standard InChI is InChI=1S/C14H9IO3/c15-11-4-1-9(2-5-11)14(16)10-3-6-12-13(7-10)18-8-17-12/h1-7H,8H2. The lowest BCUT2D eigenvalue weighted by Crippen LogP contribution is -2.01. The molecule has 0 spiro atoms. The van der Waals surface area contributed by atoms with Gasteiger partial charge in [0.25, 0.3) is 0 Å². The molecular formula is C14H9IO3. The van der Waals surface area contributed by atoms with E-state index in [9.17, 15) is 4.79 Å². The van der Waals surface area contributed by atoms with Crippen LogP contribution in [0.4, 0.5) is 0 Å². The molecule has 0 fully saturated rings. The molecule has 0 saturated carbocycles. The molecule has 0 bridgehead atoms. The molecule has 3 nitrogen and oxygen atoms in total. The van der Waals surface area contributed by atoms with Gasteiger partial charge in [-0.3, -0.25) is 4.79 Å². The highest BCUT2D eigenvalue weighted by Gasteiger charge is 2.16. The molecule has 3 rings (SSSR count). The Morgan fingerprint density at radius 2 is 1.61 bits per heavy atom. The second-order valence-corrected chi connectivity index (χ2v) is 5.15. The van der Waals surface area contributed by atoms with Gasteiger partial charge in [-0.15, -0.1) is 0 Å². The summed E-state index contributed by atoms with van der Waals surface area (Å²) in [6.07, 6.45) is 0. The van der Waals surface area contributed by atoms with E-state index in [4.69, 9.17) is 9.47 Å². The summed E-state index contributed by atoms with van der Waals surface area (Å²) in [5, 5.41) is 0. The highest BCUT2D eigenvalue weighted by atomic mass is 127. The van der Waals surface area contributed by atoms with Gasteiger partial charge in [0.15, 0.2) is 17.3 Å². The summed E-state index contributed by atoms with van der Waals surface area (Å²) in [6.45, 7) is 0.219. The van der Waals surface area contributed by atoms with Gasteiger partial charge >= 0.3 is 0 Å². The molecule has 90 valence electrons. The molecule has 0 aliphatic carbocycles. The van der Waals surface area contributed by atoms with Crippen molar-refractivity contribution in [2.45, 2.75) is 0 Å². The maximum Gasteiger partial charge on any atom is 0.231 e. The Kier molecular flexibility index (Phi) is 2.95. The van der Waals surface area contributed by atoms with Crippen molar-refractivity contribution in [2.75, 3.05) is 6.79 Å². The first-order chi connectivity index (χ1) is 8.74. The minimum Gasteiger partial charge on any atom is -0.454 e. The zero-order valence-electron chi connectivity index (χ0n) is 9.35. The molecule has 0 aromatic heterocycles. The maximum atomic E-state index is 12.3. The van der Waals surface area contributed by atoms with Crippen LogP contribution in [0.15, 0.2) is 42.5 Å². The Bertz CT molecular complexity index is 605. The topological polar surface area (TPSA) is 35.5 Å². The smallest absolute Gasteiger partial charge is 0.231 e.